The molecule has 3 aromatic rings. The van der Waals surface area contributed by atoms with Crippen LogP contribution in [0.25, 0.3) is 16.6 Å². The van der Waals surface area contributed by atoms with Crippen molar-refractivity contribution in [2.45, 2.75) is 77.0 Å². The Balaban J connectivity index is 1.45. The third-order valence-electron chi connectivity index (χ3n) is 8.53. The topological polar surface area (TPSA) is 101 Å². The molecule has 224 valence electrons. The molecule has 10 nitrogen and oxygen atoms in total. The standard InChI is InChI=1S/C29H41F2N7O3/c1-19(18-41-28(30)31)13-26-32-16-25-23(14-24(38(25)34-26)20-5-7-22(39)8-6-20)21-15-33-37(17-21)29(2,3)27(40)36-11-9-35(4)10-12-36/h14-17,19-20,22,28,39H,5-13,18H2,1-4H3/t19-,20?,22?/m1/s1. The highest BCUT2D eigenvalue weighted by molar-refractivity contribution is 5.85. The van der Waals surface area contributed by atoms with Crippen LogP contribution in [0.3, 0.4) is 0 Å². The predicted molar refractivity (Wildman–Crippen MR) is 150 cm³/mol. The third kappa shape index (κ3) is 6.44. The minimum absolute atomic E-state index is 0.0429. The number of fused-ring (bicyclic) bond motifs is 1. The predicted octanol–water partition coefficient (Wildman–Crippen LogP) is 3.54. The highest BCUT2D eigenvalue weighted by Crippen LogP contribution is 2.38. The van der Waals surface area contributed by atoms with Crippen molar-refractivity contribution >= 4 is 11.4 Å². The van der Waals surface area contributed by atoms with Crippen molar-refractivity contribution in [1.29, 1.82) is 0 Å². The Morgan fingerprint density at radius 3 is 2.54 bits per heavy atom. The number of aliphatic hydroxyl groups is 1. The van der Waals surface area contributed by atoms with Gasteiger partial charge in [-0.2, -0.15) is 19.0 Å². The largest absolute Gasteiger partial charge is 0.393 e. The molecular formula is C29H41F2N7O3. The molecule has 1 saturated carbocycles. The zero-order valence-corrected chi connectivity index (χ0v) is 24.3. The lowest BCUT2D eigenvalue weighted by molar-refractivity contribution is -0.141. The van der Waals surface area contributed by atoms with E-state index < -0.39 is 12.2 Å². The van der Waals surface area contributed by atoms with Crippen molar-refractivity contribution < 1.29 is 23.4 Å². The van der Waals surface area contributed by atoms with Crippen molar-refractivity contribution in [3.63, 3.8) is 0 Å². The number of alkyl halides is 2. The number of ether oxygens (including phenoxy) is 1. The van der Waals surface area contributed by atoms with Gasteiger partial charge in [-0.3, -0.25) is 9.48 Å². The number of nitrogens with zero attached hydrogens (tertiary/aromatic N) is 7. The highest BCUT2D eigenvalue weighted by Gasteiger charge is 2.36. The number of aromatic nitrogens is 5. The monoisotopic (exact) mass is 573 g/mol. The zero-order chi connectivity index (χ0) is 29.3. The van der Waals surface area contributed by atoms with Gasteiger partial charge < -0.3 is 19.6 Å². The average molecular weight is 574 g/mol. The van der Waals surface area contributed by atoms with Crippen LogP contribution in [0.15, 0.2) is 24.7 Å². The second-order valence-electron chi connectivity index (χ2n) is 12.2. The van der Waals surface area contributed by atoms with E-state index in [-0.39, 0.29) is 30.5 Å². The summed E-state index contributed by atoms with van der Waals surface area (Å²) in [6.07, 6.45) is 8.73. The lowest BCUT2D eigenvalue weighted by atomic mass is 9.85. The number of piperazine rings is 1. The fraction of sp³-hybridized carbons (Fsp3) is 0.655. The van der Waals surface area contributed by atoms with E-state index in [0.717, 1.165) is 61.1 Å². The maximum absolute atomic E-state index is 13.5. The summed E-state index contributed by atoms with van der Waals surface area (Å²) in [5, 5.41) is 19.6. The molecule has 3 aromatic heterocycles. The summed E-state index contributed by atoms with van der Waals surface area (Å²) < 4.78 is 33.2. The lowest BCUT2D eigenvalue weighted by Gasteiger charge is -2.37. The van der Waals surface area contributed by atoms with Gasteiger partial charge in [-0.15, -0.1) is 0 Å². The van der Waals surface area contributed by atoms with E-state index in [1.807, 2.05) is 36.4 Å². The van der Waals surface area contributed by atoms with E-state index in [1.165, 1.54) is 0 Å². The molecule has 1 amide bonds. The Morgan fingerprint density at radius 1 is 1.15 bits per heavy atom. The Labute approximate surface area is 239 Å². The van der Waals surface area contributed by atoms with Crippen LogP contribution in [0, 0.1) is 5.92 Å². The van der Waals surface area contributed by atoms with Crippen LogP contribution in [0.2, 0.25) is 0 Å². The van der Waals surface area contributed by atoms with Crippen molar-refractivity contribution in [3.05, 3.63) is 36.2 Å². The Bertz CT molecular complexity index is 1340. The number of amides is 1. The molecule has 1 saturated heterocycles. The summed E-state index contributed by atoms with van der Waals surface area (Å²) in [4.78, 5) is 22.2. The summed E-state index contributed by atoms with van der Waals surface area (Å²) in [5.41, 5.74) is 2.77. The number of halogens is 2. The first-order valence-electron chi connectivity index (χ1n) is 14.5. The first kappa shape index (κ1) is 29.5. The molecule has 4 heterocycles. The Kier molecular flexibility index (Phi) is 8.72. The maximum atomic E-state index is 13.5. The van der Waals surface area contributed by atoms with Gasteiger partial charge in [-0.25, -0.2) is 9.50 Å². The fourth-order valence-corrected chi connectivity index (χ4v) is 5.91. The lowest BCUT2D eigenvalue weighted by Crippen LogP contribution is -2.54. The zero-order valence-electron chi connectivity index (χ0n) is 24.3. The van der Waals surface area contributed by atoms with Gasteiger partial charge >= 0.3 is 6.61 Å². The van der Waals surface area contributed by atoms with Crippen LogP contribution in [-0.4, -0.2) is 97.7 Å². The van der Waals surface area contributed by atoms with Gasteiger partial charge in [0.25, 0.3) is 0 Å². The summed E-state index contributed by atoms with van der Waals surface area (Å²) in [5.74, 6) is 0.633. The van der Waals surface area contributed by atoms with Crippen LogP contribution < -0.4 is 0 Å². The number of likely N-dealkylation sites (N-methyl/N-ethyl adjacent to an activating group) is 1. The number of carbonyl (C=O) groups excluding carboxylic acids is 1. The Morgan fingerprint density at radius 2 is 1.85 bits per heavy atom. The molecule has 1 aliphatic carbocycles. The van der Waals surface area contributed by atoms with Gasteiger partial charge in [-0.1, -0.05) is 6.92 Å². The molecule has 12 heteroatoms. The molecule has 41 heavy (non-hydrogen) atoms. The molecular weight excluding hydrogens is 532 g/mol. The molecule has 1 N–H and O–H groups in total. The fourth-order valence-electron chi connectivity index (χ4n) is 5.91. The Hall–Kier alpha value is -2.96. The molecule has 0 bridgehead atoms. The van der Waals surface area contributed by atoms with Gasteiger partial charge in [0.15, 0.2) is 0 Å². The first-order chi connectivity index (χ1) is 19.5. The van der Waals surface area contributed by atoms with Crippen molar-refractivity contribution in [2.24, 2.45) is 5.92 Å². The SMILES string of the molecule is C[C@@H](COC(F)F)Cc1ncc2c(-c3cnn(C(C)(C)C(=O)N4CCN(C)CC4)c3)cc(C3CCC(O)CC3)n2n1. The number of aliphatic hydroxyl groups excluding tert-OH is 1. The van der Waals surface area contributed by atoms with Crippen LogP contribution in [0.5, 0.6) is 0 Å². The molecule has 0 unspecified atom stereocenters. The minimum Gasteiger partial charge on any atom is -0.393 e. The quantitative estimate of drug-likeness (QED) is 0.418. The number of hydrogen-bond acceptors (Lipinski definition) is 7. The summed E-state index contributed by atoms with van der Waals surface area (Å²) in [6.45, 7) is 5.85. The minimum atomic E-state index is -2.80. The summed E-state index contributed by atoms with van der Waals surface area (Å²) >= 11 is 0. The van der Waals surface area contributed by atoms with Gasteiger partial charge in [0.1, 0.15) is 11.4 Å². The molecule has 0 spiro atoms. The van der Waals surface area contributed by atoms with Crippen molar-refractivity contribution in [2.75, 3.05) is 39.8 Å². The number of rotatable bonds is 9. The van der Waals surface area contributed by atoms with Gasteiger partial charge in [-0.05, 0) is 58.6 Å². The first-order valence-corrected chi connectivity index (χ1v) is 14.5. The van der Waals surface area contributed by atoms with E-state index in [1.54, 1.807) is 17.1 Å². The molecule has 2 aliphatic rings. The smallest absolute Gasteiger partial charge is 0.345 e. The molecule has 1 aliphatic heterocycles. The average Bonchev–Trinajstić information content (AvgIpc) is 3.58. The van der Waals surface area contributed by atoms with Crippen LogP contribution >= 0.6 is 0 Å². The van der Waals surface area contributed by atoms with Gasteiger partial charge in [0.05, 0.1) is 30.6 Å². The van der Waals surface area contributed by atoms with Crippen LogP contribution in [0.1, 0.15) is 63.9 Å². The summed E-state index contributed by atoms with van der Waals surface area (Å²) in [7, 11) is 2.06. The molecule has 0 radical (unpaired) electrons. The van der Waals surface area contributed by atoms with E-state index >= 15 is 0 Å². The van der Waals surface area contributed by atoms with Gasteiger partial charge in [0, 0.05) is 61.5 Å². The van der Waals surface area contributed by atoms with E-state index in [2.05, 4.69) is 32.8 Å². The number of hydrogen-bond donors (Lipinski definition) is 1. The van der Waals surface area contributed by atoms with E-state index in [9.17, 15) is 18.7 Å². The number of carbonyl (C=O) groups is 1. The van der Waals surface area contributed by atoms with E-state index in [0.29, 0.717) is 25.3 Å². The second kappa shape index (κ2) is 12.1. The van der Waals surface area contributed by atoms with Crippen molar-refractivity contribution in [1.82, 2.24) is 34.2 Å². The molecule has 0 aromatic carbocycles. The maximum Gasteiger partial charge on any atom is 0.345 e. The normalized spacial score (nSPS) is 21.6. The third-order valence-corrected chi connectivity index (χ3v) is 8.53. The van der Waals surface area contributed by atoms with E-state index in [4.69, 9.17) is 5.10 Å². The van der Waals surface area contributed by atoms with Gasteiger partial charge in [0.2, 0.25) is 5.91 Å². The summed E-state index contributed by atoms with van der Waals surface area (Å²) in [6, 6.07) is 2.12. The highest BCUT2D eigenvalue weighted by atomic mass is 19.3. The molecule has 2 fully saturated rings. The van der Waals surface area contributed by atoms with Crippen LogP contribution in [-0.2, 0) is 21.5 Å². The van der Waals surface area contributed by atoms with Crippen molar-refractivity contribution in [3.8, 4) is 11.1 Å². The molecule has 1 atom stereocenters. The second-order valence-corrected chi connectivity index (χ2v) is 12.2. The van der Waals surface area contributed by atoms with Crippen LogP contribution in [0.4, 0.5) is 8.78 Å². The molecule has 5 rings (SSSR count).